The van der Waals surface area contributed by atoms with Gasteiger partial charge < -0.3 is 10.1 Å². The Kier molecular flexibility index (Phi) is 4.18. The second-order valence-electron chi connectivity index (χ2n) is 4.28. The lowest BCUT2D eigenvalue weighted by Gasteiger charge is -2.30. The van der Waals surface area contributed by atoms with E-state index in [1.165, 1.54) is 12.7 Å². The number of esters is 1. The fourth-order valence-electron chi connectivity index (χ4n) is 2.37. The summed E-state index contributed by atoms with van der Waals surface area (Å²) in [5, 5.41) is 3.25. The number of methoxy groups -OCH3 is 1. The number of nitrogens with one attached hydrogen (secondary N) is 1. The lowest BCUT2D eigenvalue weighted by Crippen LogP contribution is -2.40. The van der Waals surface area contributed by atoms with Gasteiger partial charge in [-0.3, -0.25) is 4.79 Å². The van der Waals surface area contributed by atoms with Gasteiger partial charge in [-0.05, 0) is 36.6 Å². The topological polar surface area (TPSA) is 38.3 Å². The minimum absolute atomic E-state index is 0.0741. The average molecular weight is 298 g/mol. The van der Waals surface area contributed by atoms with Crippen LogP contribution in [-0.4, -0.2) is 26.2 Å². The van der Waals surface area contributed by atoms with E-state index in [2.05, 4.69) is 33.4 Å². The molecule has 1 fully saturated rings. The molecule has 1 aliphatic heterocycles. The van der Waals surface area contributed by atoms with Crippen molar-refractivity contribution in [1.82, 2.24) is 5.32 Å². The van der Waals surface area contributed by atoms with E-state index in [9.17, 15) is 4.79 Å². The van der Waals surface area contributed by atoms with Gasteiger partial charge in [-0.1, -0.05) is 28.1 Å². The third-order valence-electron chi connectivity index (χ3n) is 3.28. The maximum absolute atomic E-state index is 11.7. The van der Waals surface area contributed by atoms with Gasteiger partial charge in [0.1, 0.15) is 0 Å². The smallest absolute Gasteiger partial charge is 0.310 e. The lowest BCUT2D eigenvalue weighted by molar-refractivity contribution is -0.146. The fraction of sp³-hybridized carbons (Fsp3) is 0.462. The maximum Gasteiger partial charge on any atom is 0.310 e. The van der Waals surface area contributed by atoms with Crippen molar-refractivity contribution in [3.63, 3.8) is 0 Å². The van der Waals surface area contributed by atoms with Gasteiger partial charge in [0.05, 0.1) is 13.0 Å². The van der Waals surface area contributed by atoms with Crippen molar-refractivity contribution in [2.75, 3.05) is 20.2 Å². The highest BCUT2D eigenvalue weighted by Crippen LogP contribution is 2.31. The normalized spacial score (nSPS) is 24.4. The Balaban J connectivity index is 2.21. The molecule has 0 aromatic heterocycles. The van der Waals surface area contributed by atoms with E-state index in [-0.39, 0.29) is 17.8 Å². The van der Waals surface area contributed by atoms with Crippen LogP contribution in [0.5, 0.6) is 0 Å². The third kappa shape index (κ3) is 2.87. The van der Waals surface area contributed by atoms with E-state index in [1.807, 2.05) is 12.1 Å². The van der Waals surface area contributed by atoms with Crippen molar-refractivity contribution in [3.05, 3.63) is 34.3 Å². The molecule has 2 rings (SSSR count). The van der Waals surface area contributed by atoms with E-state index in [4.69, 9.17) is 4.74 Å². The van der Waals surface area contributed by atoms with Crippen molar-refractivity contribution < 1.29 is 9.53 Å². The van der Waals surface area contributed by atoms with Gasteiger partial charge >= 0.3 is 5.97 Å². The molecule has 92 valence electrons. The molecular weight excluding hydrogens is 282 g/mol. The van der Waals surface area contributed by atoms with Gasteiger partial charge in [0.15, 0.2) is 0 Å². The predicted octanol–water partition coefficient (Wildman–Crippen LogP) is 2.32. The van der Waals surface area contributed by atoms with Crippen LogP contribution < -0.4 is 5.32 Å². The summed E-state index contributed by atoms with van der Waals surface area (Å²) in [6.45, 7) is 1.65. The van der Waals surface area contributed by atoms with Crippen LogP contribution in [0.25, 0.3) is 0 Å². The van der Waals surface area contributed by atoms with Gasteiger partial charge in [-0.25, -0.2) is 0 Å². The number of ether oxygens (including phenoxy) is 1. The number of benzene rings is 1. The van der Waals surface area contributed by atoms with Gasteiger partial charge in [0.2, 0.25) is 0 Å². The highest BCUT2D eigenvalue weighted by molar-refractivity contribution is 9.10. The van der Waals surface area contributed by atoms with Crippen LogP contribution in [0, 0.1) is 5.92 Å². The van der Waals surface area contributed by atoms with Gasteiger partial charge in [-0.15, -0.1) is 0 Å². The first-order chi connectivity index (χ1) is 8.22. The summed E-state index contributed by atoms with van der Waals surface area (Å²) in [7, 11) is 1.45. The van der Waals surface area contributed by atoms with Crippen molar-refractivity contribution in [2.24, 2.45) is 5.92 Å². The van der Waals surface area contributed by atoms with Crippen LogP contribution in [0.3, 0.4) is 0 Å². The molecule has 1 N–H and O–H groups in total. The Morgan fingerprint density at radius 1 is 1.41 bits per heavy atom. The molecule has 0 aliphatic carbocycles. The molecule has 1 aromatic carbocycles. The van der Waals surface area contributed by atoms with E-state index >= 15 is 0 Å². The quantitative estimate of drug-likeness (QED) is 0.852. The van der Waals surface area contributed by atoms with Crippen LogP contribution in [-0.2, 0) is 9.53 Å². The molecule has 1 saturated heterocycles. The van der Waals surface area contributed by atoms with Crippen LogP contribution in [0.15, 0.2) is 28.7 Å². The molecule has 2 atom stereocenters. The standard InChI is InChI=1S/C13H16BrNO2/c1-17-13(16)12-8-15-7-6-11(12)9-2-4-10(14)5-3-9/h2-5,11-12,15H,6-8H2,1H3. The molecule has 3 nitrogen and oxygen atoms in total. The Morgan fingerprint density at radius 3 is 2.76 bits per heavy atom. The molecule has 0 radical (unpaired) electrons. The second-order valence-corrected chi connectivity index (χ2v) is 5.20. The number of hydrogen-bond acceptors (Lipinski definition) is 3. The number of piperidine rings is 1. The monoisotopic (exact) mass is 297 g/mol. The summed E-state index contributed by atoms with van der Waals surface area (Å²) in [6.07, 6.45) is 0.974. The summed E-state index contributed by atoms with van der Waals surface area (Å²) in [6, 6.07) is 8.20. The Labute approximate surface area is 110 Å². The van der Waals surface area contributed by atoms with E-state index in [1.54, 1.807) is 0 Å². The number of carbonyl (C=O) groups excluding carboxylic acids is 1. The maximum atomic E-state index is 11.7. The Hall–Kier alpha value is -0.870. The molecule has 1 aliphatic rings. The Morgan fingerprint density at radius 2 is 2.12 bits per heavy atom. The molecule has 2 unspecified atom stereocenters. The summed E-state index contributed by atoms with van der Waals surface area (Å²) < 4.78 is 5.94. The zero-order valence-electron chi connectivity index (χ0n) is 9.78. The van der Waals surface area contributed by atoms with Crippen LogP contribution >= 0.6 is 15.9 Å². The average Bonchev–Trinajstić information content (AvgIpc) is 2.39. The van der Waals surface area contributed by atoms with E-state index < -0.39 is 0 Å². The first-order valence-electron chi connectivity index (χ1n) is 5.76. The molecule has 1 aromatic rings. The van der Waals surface area contributed by atoms with Crippen molar-refractivity contribution in [2.45, 2.75) is 12.3 Å². The minimum Gasteiger partial charge on any atom is -0.469 e. The number of hydrogen-bond donors (Lipinski definition) is 1. The van der Waals surface area contributed by atoms with Gasteiger partial charge in [0.25, 0.3) is 0 Å². The fourth-order valence-corrected chi connectivity index (χ4v) is 2.63. The van der Waals surface area contributed by atoms with Crippen molar-refractivity contribution >= 4 is 21.9 Å². The first kappa shape index (κ1) is 12.6. The SMILES string of the molecule is COC(=O)C1CNCCC1c1ccc(Br)cc1. The number of rotatable bonds is 2. The number of carbonyl (C=O) groups is 1. The zero-order valence-corrected chi connectivity index (χ0v) is 11.4. The van der Waals surface area contributed by atoms with Crippen LogP contribution in [0.4, 0.5) is 0 Å². The predicted molar refractivity (Wildman–Crippen MR) is 69.9 cm³/mol. The lowest BCUT2D eigenvalue weighted by atomic mass is 9.81. The molecule has 17 heavy (non-hydrogen) atoms. The van der Waals surface area contributed by atoms with Crippen LogP contribution in [0.1, 0.15) is 17.9 Å². The van der Waals surface area contributed by atoms with E-state index in [0.717, 1.165) is 17.4 Å². The van der Waals surface area contributed by atoms with Crippen molar-refractivity contribution in [1.29, 1.82) is 0 Å². The zero-order chi connectivity index (χ0) is 12.3. The molecule has 4 heteroatoms. The summed E-state index contributed by atoms with van der Waals surface area (Å²) in [4.78, 5) is 11.7. The largest absolute Gasteiger partial charge is 0.469 e. The Bertz CT molecular complexity index is 391. The number of halogens is 1. The molecule has 0 amide bonds. The third-order valence-corrected chi connectivity index (χ3v) is 3.81. The second kappa shape index (κ2) is 5.65. The summed E-state index contributed by atoms with van der Waals surface area (Å²) in [5.74, 6) is 0.0665. The molecule has 0 spiro atoms. The molecule has 0 saturated carbocycles. The highest BCUT2D eigenvalue weighted by Gasteiger charge is 2.32. The highest BCUT2D eigenvalue weighted by atomic mass is 79.9. The van der Waals surface area contributed by atoms with E-state index in [0.29, 0.717) is 6.54 Å². The first-order valence-corrected chi connectivity index (χ1v) is 6.55. The minimum atomic E-state index is -0.120. The molecular formula is C13H16BrNO2. The van der Waals surface area contributed by atoms with Crippen molar-refractivity contribution in [3.8, 4) is 0 Å². The molecule has 0 bridgehead atoms. The summed E-state index contributed by atoms with van der Waals surface area (Å²) in [5.41, 5.74) is 1.21. The molecule has 1 heterocycles. The van der Waals surface area contributed by atoms with Gasteiger partial charge in [0, 0.05) is 11.0 Å². The summed E-state index contributed by atoms with van der Waals surface area (Å²) >= 11 is 3.42. The van der Waals surface area contributed by atoms with Gasteiger partial charge in [-0.2, -0.15) is 0 Å². The van der Waals surface area contributed by atoms with Crippen LogP contribution in [0.2, 0.25) is 0 Å².